The van der Waals surface area contributed by atoms with Gasteiger partial charge in [-0.05, 0) is 35.7 Å². The van der Waals surface area contributed by atoms with E-state index in [-0.39, 0.29) is 31.2 Å². The normalized spacial score (nSPS) is 16.5. The van der Waals surface area contributed by atoms with Crippen molar-refractivity contribution in [2.75, 3.05) is 32.8 Å². The number of ether oxygens (including phenoxy) is 2. The summed E-state index contributed by atoms with van der Waals surface area (Å²) >= 11 is 0. The summed E-state index contributed by atoms with van der Waals surface area (Å²) in [5.41, 5.74) is 3.02. The molecule has 1 atom stereocenters. The molecule has 0 radical (unpaired) electrons. The number of β-amino-alcohol motifs (C(OH)–C–C–N with tert-alkyl or cyclic N) is 1. The average Bonchev–Trinajstić information content (AvgIpc) is 3.03. The molecule has 9 heteroatoms. The van der Waals surface area contributed by atoms with E-state index in [1.165, 1.54) is 23.4 Å². The lowest BCUT2D eigenvalue weighted by Crippen LogP contribution is -2.44. The fourth-order valence-corrected chi connectivity index (χ4v) is 4.65. The molecule has 0 unspecified atom stereocenters. The second-order valence-corrected chi connectivity index (χ2v) is 9.03. The number of carbonyl (C=O) groups is 1. The molecule has 188 valence electrons. The van der Waals surface area contributed by atoms with Crippen molar-refractivity contribution in [3.63, 3.8) is 0 Å². The van der Waals surface area contributed by atoms with Gasteiger partial charge in [0.15, 0.2) is 5.82 Å². The van der Waals surface area contributed by atoms with Crippen LogP contribution in [0.15, 0.2) is 54.7 Å². The van der Waals surface area contributed by atoms with Crippen LogP contribution < -0.4 is 9.47 Å². The van der Waals surface area contributed by atoms with Gasteiger partial charge in [-0.1, -0.05) is 24.3 Å². The van der Waals surface area contributed by atoms with E-state index in [0.717, 1.165) is 19.5 Å². The van der Waals surface area contributed by atoms with Crippen LogP contribution >= 0.6 is 0 Å². The molecule has 0 saturated heterocycles. The summed E-state index contributed by atoms with van der Waals surface area (Å²) in [6, 6.07) is 14.4. The Bertz CT molecular complexity index is 1260. The van der Waals surface area contributed by atoms with Gasteiger partial charge in [0.05, 0.1) is 18.2 Å². The highest BCUT2D eigenvalue weighted by Crippen LogP contribution is 2.29. The summed E-state index contributed by atoms with van der Waals surface area (Å²) in [7, 11) is 0. The number of hydrogen-bond donors (Lipinski definition) is 1. The van der Waals surface area contributed by atoms with E-state index in [9.17, 15) is 18.7 Å². The number of hydrogen-bond acceptors (Lipinski definition) is 6. The van der Waals surface area contributed by atoms with Gasteiger partial charge in [-0.15, -0.1) is 0 Å². The molecule has 1 N–H and O–H groups in total. The third-order valence-corrected chi connectivity index (χ3v) is 6.52. The van der Waals surface area contributed by atoms with Crippen molar-refractivity contribution < 1.29 is 28.2 Å². The van der Waals surface area contributed by atoms with Crippen molar-refractivity contribution in [3.05, 3.63) is 88.7 Å². The number of fused-ring (bicyclic) bond motifs is 2. The topological polar surface area (TPSA) is 75.1 Å². The number of amides is 1. The van der Waals surface area contributed by atoms with Gasteiger partial charge in [0.25, 0.3) is 5.91 Å². The number of pyridine rings is 1. The number of benzene rings is 2. The number of halogens is 2. The van der Waals surface area contributed by atoms with Gasteiger partial charge in [0, 0.05) is 44.0 Å². The number of rotatable bonds is 7. The first-order valence-corrected chi connectivity index (χ1v) is 11.9. The maximum Gasteiger partial charge on any atom is 0.257 e. The van der Waals surface area contributed by atoms with Crippen molar-refractivity contribution in [1.82, 2.24) is 14.8 Å². The van der Waals surface area contributed by atoms with E-state index >= 15 is 0 Å². The molecule has 3 heterocycles. The molecule has 5 rings (SSSR count). The Hall–Kier alpha value is -3.56. The first-order valence-electron chi connectivity index (χ1n) is 11.9. The molecule has 7 nitrogen and oxygen atoms in total. The Morgan fingerprint density at radius 2 is 1.92 bits per heavy atom. The van der Waals surface area contributed by atoms with Gasteiger partial charge in [-0.3, -0.25) is 9.69 Å². The van der Waals surface area contributed by atoms with Crippen molar-refractivity contribution in [3.8, 4) is 11.5 Å². The third kappa shape index (κ3) is 5.32. The van der Waals surface area contributed by atoms with Gasteiger partial charge in [0.2, 0.25) is 5.95 Å². The number of aliphatic hydroxyl groups excluding tert-OH is 1. The van der Waals surface area contributed by atoms with Crippen molar-refractivity contribution in [1.29, 1.82) is 0 Å². The third-order valence-electron chi connectivity index (χ3n) is 6.52. The largest absolute Gasteiger partial charge is 0.491 e. The van der Waals surface area contributed by atoms with E-state index in [4.69, 9.17) is 9.47 Å². The smallest absolute Gasteiger partial charge is 0.257 e. The molecule has 0 saturated carbocycles. The van der Waals surface area contributed by atoms with Crippen molar-refractivity contribution in [2.45, 2.75) is 25.7 Å². The standard InChI is InChI=1S/C27H27F2N3O4/c28-25-20(7-9-30-26(25)29)17-36-22-5-6-23-24(13-22)35-12-11-32(27(23)34)16-21(33)15-31-10-8-18-3-1-2-4-19(18)14-31/h1-7,9,13,21,33H,8,10-12,14-17H2/t21-/m1/s1. The van der Waals surface area contributed by atoms with Gasteiger partial charge in [0.1, 0.15) is 24.7 Å². The summed E-state index contributed by atoms with van der Waals surface area (Å²) in [6.07, 6.45) is 1.42. The second-order valence-electron chi connectivity index (χ2n) is 9.03. The van der Waals surface area contributed by atoms with Crippen LogP contribution in [0.5, 0.6) is 11.5 Å². The monoisotopic (exact) mass is 495 g/mol. The molecule has 2 aliphatic heterocycles. The molecule has 2 aliphatic rings. The van der Waals surface area contributed by atoms with E-state index < -0.39 is 17.9 Å². The molecule has 0 fully saturated rings. The fourth-order valence-electron chi connectivity index (χ4n) is 4.65. The summed E-state index contributed by atoms with van der Waals surface area (Å²) < 4.78 is 38.5. The molecule has 0 bridgehead atoms. The van der Waals surface area contributed by atoms with Gasteiger partial charge in [-0.25, -0.2) is 9.37 Å². The highest BCUT2D eigenvalue weighted by Gasteiger charge is 2.27. The molecule has 3 aromatic rings. The zero-order valence-corrected chi connectivity index (χ0v) is 19.7. The molecular weight excluding hydrogens is 468 g/mol. The molecule has 0 spiro atoms. The zero-order chi connectivity index (χ0) is 25.1. The highest BCUT2D eigenvalue weighted by molar-refractivity contribution is 5.97. The minimum Gasteiger partial charge on any atom is -0.491 e. The van der Waals surface area contributed by atoms with Gasteiger partial charge >= 0.3 is 0 Å². The SMILES string of the molecule is O=C1c2ccc(OCc3ccnc(F)c3F)cc2OCCN1C[C@H](O)CN1CCc2ccccc2C1. The van der Waals surface area contributed by atoms with Crippen LogP contribution in [0.4, 0.5) is 8.78 Å². The number of aromatic nitrogens is 1. The summed E-state index contributed by atoms with van der Waals surface area (Å²) in [4.78, 5) is 20.3. The Kier molecular flexibility index (Phi) is 7.11. The lowest BCUT2D eigenvalue weighted by molar-refractivity contribution is 0.0501. The molecule has 1 amide bonds. The maximum absolute atomic E-state index is 13.8. The van der Waals surface area contributed by atoms with E-state index in [0.29, 0.717) is 30.2 Å². The molecule has 2 aromatic carbocycles. The number of nitrogens with zero attached hydrogens (tertiary/aromatic N) is 3. The lowest BCUT2D eigenvalue weighted by Gasteiger charge is -2.32. The van der Waals surface area contributed by atoms with Crippen LogP contribution in [0, 0.1) is 11.8 Å². The average molecular weight is 496 g/mol. The minimum atomic E-state index is -1.18. The van der Waals surface area contributed by atoms with Crippen LogP contribution in [-0.2, 0) is 19.6 Å². The Balaban J connectivity index is 1.20. The van der Waals surface area contributed by atoms with Crippen LogP contribution in [0.1, 0.15) is 27.0 Å². The van der Waals surface area contributed by atoms with Crippen molar-refractivity contribution >= 4 is 5.91 Å². The van der Waals surface area contributed by atoms with Crippen molar-refractivity contribution in [2.24, 2.45) is 0 Å². The van der Waals surface area contributed by atoms with E-state index in [1.54, 1.807) is 23.1 Å². The van der Waals surface area contributed by atoms with E-state index in [1.807, 2.05) is 12.1 Å². The minimum absolute atomic E-state index is 0.0341. The Labute approximate surface area is 207 Å². The van der Waals surface area contributed by atoms with Gasteiger partial charge in [-0.2, -0.15) is 4.39 Å². The summed E-state index contributed by atoms with van der Waals surface area (Å²) in [6.45, 7) is 2.73. The first-order chi connectivity index (χ1) is 17.5. The molecular formula is C27H27F2N3O4. The predicted octanol–water partition coefficient (Wildman–Crippen LogP) is 3.19. The van der Waals surface area contributed by atoms with Crippen LogP contribution in [0.25, 0.3) is 0 Å². The van der Waals surface area contributed by atoms with Crippen LogP contribution in [0.2, 0.25) is 0 Å². The van der Waals surface area contributed by atoms with E-state index in [2.05, 4.69) is 22.0 Å². The number of aliphatic hydroxyl groups is 1. The maximum atomic E-state index is 13.8. The molecule has 0 aliphatic carbocycles. The number of carbonyl (C=O) groups excluding carboxylic acids is 1. The predicted molar refractivity (Wildman–Crippen MR) is 128 cm³/mol. The fraction of sp³-hybridized carbons (Fsp3) is 0.333. The second kappa shape index (κ2) is 10.6. The Morgan fingerprint density at radius 3 is 2.78 bits per heavy atom. The lowest BCUT2D eigenvalue weighted by atomic mass is 10.00. The summed E-state index contributed by atoms with van der Waals surface area (Å²) in [5.74, 6) is -1.76. The molecule has 1 aromatic heterocycles. The van der Waals surface area contributed by atoms with Crippen LogP contribution in [0.3, 0.4) is 0 Å². The van der Waals surface area contributed by atoms with Crippen LogP contribution in [-0.4, -0.2) is 64.7 Å². The highest BCUT2D eigenvalue weighted by atomic mass is 19.2. The zero-order valence-electron chi connectivity index (χ0n) is 19.7. The van der Waals surface area contributed by atoms with Gasteiger partial charge < -0.3 is 19.5 Å². The molecule has 36 heavy (non-hydrogen) atoms. The Morgan fingerprint density at radius 1 is 1.08 bits per heavy atom. The quantitative estimate of drug-likeness (QED) is 0.508. The summed E-state index contributed by atoms with van der Waals surface area (Å²) in [5, 5.41) is 10.8. The first kappa shape index (κ1) is 24.1.